The van der Waals surface area contributed by atoms with E-state index < -0.39 is 5.97 Å². The summed E-state index contributed by atoms with van der Waals surface area (Å²) < 4.78 is 7.54. The first-order valence-electron chi connectivity index (χ1n) is 6.24. The highest BCUT2D eigenvalue weighted by Crippen LogP contribution is 2.33. The van der Waals surface area contributed by atoms with Gasteiger partial charge in [0.1, 0.15) is 0 Å². The minimum Gasteiger partial charge on any atom is -0.475 e. The number of anilines is 1. The highest BCUT2D eigenvalue weighted by molar-refractivity contribution is 5.83. The normalized spacial score (nSPS) is 30.8. The second-order valence-corrected chi connectivity index (χ2v) is 4.85. The molecule has 7 heteroatoms. The molecule has 0 amide bonds. The van der Waals surface area contributed by atoms with Crippen molar-refractivity contribution in [1.82, 2.24) is 14.8 Å². The molecular formula is C11H16N4O3. The monoisotopic (exact) mass is 252 g/mol. The Kier molecular flexibility index (Phi) is 2.70. The number of nitrogens with zero attached hydrogens (tertiary/aromatic N) is 3. The average Bonchev–Trinajstić information content (AvgIpc) is 2.94. The van der Waals surface area contributed by atoms with Gasteiger partial charge in [-0.05, 0) is 26.2 Å². The van der Waals surface area contributed by atoms with Crippen molar-refractivity contribution in [2.24, 2.45) is 0 Å². The first kappa shape index (κ1) is 11.5. The van der Waals surface area contributed by atoms with Crippen molar-refractivity contribution in [3.05, 3.63) is 5.82 Å². The maximum absolute atomic E-state index is 10.9. The maximum atomic E-state index is 10.9. The largest absolute Gasteiger partial charge is 0.475 e. The highest BCUT2D eigenvalue weighted by atomic mass is 16.5. The van der Waals surface area contributed by atoms with Gasteiger partial charge in [0.25, 0.3) is 5.82 Å². The number of carboxylic acids is 1. The van der Waals surface area contributed by atoms with Crippen molar-refractivity contribution in [3.63, 3.8) is 0 Å². The molecular weight excluding hydrogens is 236 g/mol. The zero-order valence-corrected chi connectivity index (χ0v) is 10.2. The van der Waals surface area contributed by atoms with E-state index in [1.807, 2.05) is 0 Å². The maximum Gasteiger partial charge on any atom is 0.375 e. The summed E-state index contributed by atoms with van der Waals surface area (Å²) in [7, 11) is 0. The predicted octanol–water partition coefficient (Wildman–Crippen LogP) is 0.900. The van der Waals surface area contributed by atoms with Gasteiger partial charge in [-0.1, -0.05) is 0 Å². The number of hydrogen-bond acceptors (Lipinski definition) is 5. The first-order chi connectivity index (χ1) is 8.65. The number of nitrogens with one attached hydrogen (secondary N) is 1. The van der Waals surface area contributed by atoms with E-state index in [4.69, 9.17) is 9.84 Å². The van der Waals surface area contributed by atoms with Gasteiger partial charge < -0.3 is 15.2 Å². The van der Waals surface area contributed by atoms with Crippen LogP contribution in [0.15, 0.2) is 0 Å². The summed E-state index contributed by atoms with van der Waals surface area (Å²) in [5.74, 6) is -0.722. The Morgan fingerprint density at radius 3 is 3.00 bits per heavy atom. The molecule has 2 aliphatic heterocycles. The van der Waals surface area contributed by atoms with Crippen LogP contribution in [0.3, 0.4) is 0 Å². The molecule has 0 bridgehead atoms. The first-order valence-corrected chi connectivity index (χ1v) is 6.24. The van der Waals surface area contributed by atoms with Gasteiger partial charge in [-0.25, -0.2) is 9.48 Å². The summed E-state index contributed by atoms with van der Waals surface area (Å²) in [5.41, 5.74) is 0. The van der Waals surface area contributed by atoms with E-state index in [9.17, 15) is 4.79 Å². The summed E-state index contributed by atoms with van der Waals surface area (Å²) in [4.78, 5) is 14.9. The van der Waals surface area contributed by atoms with Crippen LogP contribution in [0.25, 0.3) is 0 Å². The quantitative estimate of drug-likeness (QED) is 0.813. The summed E-state index contributed by atoms with van der Waals surface area (Å²) in [5, 5.41) is 16.1. The Hall–Kier alpha value is -1.63. The van der Waals surface area contributed by atoms with Crippen molar-refractivity contribution < 1.29 is 14.6 Å². The molecule has 3 atom stereocenters. The molecule has 98 valence electrons. The molecule has 18 heavy (non-hydrogen) atoms. The molecule has 0 spiro atoms. The lowest BCUT2D eigenvalue weighted by Gasteiger charge is -2.28. The van der Waals surface area contributed by atoms with Gasteiger partial charge in [-0.2, -0.15) is 4.98 Å². The molecule has 3 rings (SSSR count). The standard InChI is InChI=1S/C11H16N4O3/c1-6-2-3-8(18-6)7-4-5-12-11-13-9(10(16)17)14-15(7)11/h6-8H,2-5H2,1H3,(H,16,17)(H,12,13,14). The van der Waals surface area contributed by atoms with E-state index in [-0.39, 0.29) is 24.1 Å². The number of aromatic carboxylic acids is 1. The van der Waals surface area contributed by atoms with E-state index in [1.54, 1.807) is 4.68 Å². The number of aromatic nitrogens is 3. The Labute approximate surface area is 104 Å². The number of rotatable bonds is 2. The fourth-order valence-corrected chi connectivity index (χ4v) is 2.68. The lowest BCUT2D eigenvalue weighted by Crippen LogP contribution is -2.32. The molecule has 7 nitrogen and oxygen atoms in total. The number of ether oxygens (including phenoxy) is 1. The van der Waals surface area contributed by atoms with Gasteiger partial charge in [0.2, 0.25) is 5.95 Å². The predicted molar refractivity (Wildman–Crippen MR) is 62.7 cm³/mol. The molecule has 1 aromatic heterocycles. The van der Waals surface area contributed by atoms with Crippen molar-refractivity contribution in [3.8, 4) is 0 Å². The summed E-state index contributed by atoms with van der Waals surface area (Å²) >= 11 is 0. The molecule has 2 N–H and O–H groups in total. The fourth-order valence-electron chi connectivity index (χ4n) is 2.68. The van der Waals surface area contributed by atoms with Crippen LogP contribution < -0.4 is 5.32 Å². The van der Waals surface area contributed by atoms with Crippen LogP contribution in [0.4, 0.5) is 5.95 Å². The Morgan fingerprint density at radius 1 is 1.50 bits per heavy atom. The zero-order valence-electron chi connectivity index (χ0n) is 10.2. The number of fused-ring (bicyclic) bond motifs is 1. The SMILES string of the molecule is CC1CCC(C2CCNc3nc(C(=O)O)nn32)O1. The second-order valence-electron chi connectivity index (χ2n) is 4.85. The van der Waals surface area contributed by atoms with Crippen molar-refractivity contribution in [1.29, 1.82) is 0 Å². The smallest absolute Gasteiger partial charge is 0.375 e. The van der Waals surface area contributed by atoms with E-state index >= 15 is 0 Å². The van der Waals surface area contributed by atoms with E-state index in [0.29, 0.717) is 5.95 Å². The molecule has 1 aromatic rings. The van der Waals surface area contributed by atoms with Crippen LogP contribution in [0.5, 0.6) is 0 Å². The molecule has 2 aliphatic rings. The zero-order chi connectivity index (χ0) is 12.7. The minimum absolute atomic E-state index is 0.0896. The van der Waals surface area contributed by atoms with Crippen LogP contribution in [0.1, 0.15) is 42.8 Å². The van der Waals surface area contributed by atoms with Gasteiger partial charge in [-0.3, -0.25) is 0 Å². The average molecular weight is 252 g/mol. The Balaban J connectivity index is 1.89. The summed E-state index contributed by atoms with van der Waals surface area (Å²) in [6.45, 7) is 2.84. The molecule has 3 heterocycles. The number of hydrogen-bond donors (Lipinski definition) is 2. The third-order valence-corrected chi connectivity index (χ3v) is 3.55. The summed E-state index contributed by atoms with van der Waals surface area (Å²) in [6, 6.07) is 0.0896. The van der Waals surface area contributed by atoms with E-state index in [2.05, 4.69) is 22.3 Å². The lowest BCUT2D eigenvalue weighted by atomic mass is 10.0. The third-order valence-electron chi connectivity index (χ3n) is 3.55. The van der Waals surface area contributed by atoms with Crippen LogP contribution in [0.2, 0.25) is 0 Å². The topological polar surface area (TPSA) is 89.3 Å². The molecule has 0 aliphatic carbocycles. The van der Waals surface area contributed by atoms with Crippen molar-refractivity contribution in [2.45, 2.75) is 44.4 Å². The molecule has 3 unspecified atom stereocenters. The van der Waals surface area contributed by atoms with Gasteiger partial charge in [0, 0.05) is 6.54 Å². The summed E-state index contributed by atoms with van der Waals surface area (Å²) in [6.07, 6.45) is 3.31. The van der Waals surface area contributed by atoms with Crippen LogP contribution in [-0.4, -0.2) is 44.6 Å². The number of carbonyl (C=O) groups is 1. The van der Waals surface area contributed by atoms with Gasteiger partial charge in [0.15, 0.2) is 0 Å². The molecule has 1 saturated heterocycles. The van der Waals surface area contributed by atoms with Gasteiger partial charge in [-0.15, -0.1) is 5.10 Å². The Bertz CT molecular complexity index is 473. The van der Waals surface area contributed by atoms with Crippen molar-refractivity contribution >= 4 is 11.9 Å². The molecule has 1 fully saturated rings. The lowest BCUT2D eigenvalue weighted by molar-refractivity contribution is 0.0170. The van der Waals surface area contributed by atoms with Gasteiger partial charge in [0.05, 0.1) is 18.2 Å². The fraction of sp³-hybridized carbons (Fsp3) is 0.727. The van der Waals surface area contributed by atoms with Crippen LogP contribution in [-0.2, 0) is 4.74 Å². The number of carboxylic acid groups (broad SMARTS) is 1. The molecule has 0 saturated carbocycles. The molecule has 0 radical (unpaired) electrons. The van der Waals surface area contributed by atoms with E-state index in [0.717, 1.165) is 25.8 Å². The third kappa shape index (κ3) is 1.84. The minimum atomic E-state index is -1.10. The van der Waals surface area contributed by atoms with Crippen molar-refractivity contribution in [2.75, 3.05) is 11.9 Å². The Morgan fingerprint density at radius 2 is 2.33 bits per heavy atom. The van der Waals surface area contributed by atoms with Crippen LogP contribution >= 0.6 is 0 Å². The second kappa shape index (κ2) is 4.24. The van der Waals surface area contributed by atoms with Gasteiger partial charge >= 0.3 is 5.97 Å². The van der Waals surface area contributed by atoms with E-state index in [1.165, 1.54) is 0 Å². The van der Waals surface area contributed by atoms with Crippen LogP contribution in [0, 0.1) is 0 Å². The molecule has 0 aromatic carbocycles. The highest BCUT2D eigenvalue weighted by Gasteiger charge is 2.35.